The fraction of sp³-hybridized carbons (Fsp3) is 0.450. The molecule has 7 nitrogen and oxygen atoms in total. The van der Waals surface area contributed by atoms with Crippen molar-refractivity contribution >= 4 is 47.8 Å². The molecule has 2 N–H and O–H groups in total. The highest BCUT2D eigenvalue weighted by molar-refractivity contribution is 7.99. The van der Waals surface area contributed by atoms with E-state index in [1.165, 1.54) is 22.7 Å². The summed E-state index contributed by atoms with van der Waals surface area (Å²) in [6.45, 7) is 1.73. The van der Waals surface area contributed by atoms with E-state index in [0.717, 1.165) is 15.5 Å². The molecule has 2 heterocycles. The molecular formula is C20H22F6N5O2PS2. The molecule has 0 spiro atoms. The summed E-state index contributed by atoms with van der Waals surface area (Å²) in [5, 5.41) is 0.480. The lowest BCUT2D eigenvalue weighted by Crippen LogP contribution is -2.24. The van der Waals surface area contributed by atoms with Crippen molar-refractivity contribution in [2.75, 3.05) is 36.8 Å². The zero-order valence-corrected chi connectivity index (χ0v) is 21.4. The third kappa shape index (κ3) is 8.56. The number of benzene rings is 1. The van der Waals surface area contributed by atoms with Gasteiger partial charge >= 0.3 is 12.4 Å². The Kier molecular flexibility index (Phi) is 9.23. The molecule has 0 amide bonds. The van der Waals surface area contributed by atoms with Crippen LogP contribution < -0.4 is 5.73 Å². The number of hydrogen-bond acceptors (Lipinski definition) is 8. The molecular weight excluding hydrogens is 551 g/mol. The van der Waals surface area contributed by atoms with Crippen LogP contribution in [0.3, 0.4) is 0 Å². The van der Waals surface area contributed by atoms with Gasteiger partial charge in [-0.15, -0.1) is 11.8 Å². The SMILES string of the molecule is CCSc1ccc(Sc2nc(N)nc3c2ncn3CCOCP(=O)(CC(F)(F)F)CC(F)(F)F)cc1. The zero-order valence-electron chi connectivity index (χ0n) is 18.8. The Morgan fingerprint density at radius 3 is 2.22 bits per heavy atom. The summed E-state index contributed by atoms with van der Waals surface area (Å²) >= 11 is 3.02. The smallest absolute Gasteiger partial charge is 0.372 e. The minimum Gasteiger partial charge on any atom is -0.372 e. The number of fused-ring (bicyclic) bond motifs is 1. The Morgan fingerprint density at radius 1 is 1.03 bits per heavy atom. The second-order valence-electron chi connectivity index (χ2n) is 7.65. The third-order valence-corrected chi connectivity index (χ3v) is 8.94. The fourth-order valence-electron chi connectivity index (χ4n) is 3.25. The van der Waals surface area contributed by atoms with Crippen molar-refractivity contribution in [3.63, 3.8) is 0 Å². The zero-order chi connectivity index (χ0) is 26.6. The highest BCUT2D eigenvalue weighted by atomic mass is 32.2. The summed E-state index contributed by atoms with van der Waals surface area (Å²) in [6, 6.07) is 7.81. The van der Waals surface area contributed by atoms with Crippen molar-refractivity contribution in [3.05, 3.63) is 30.6 Å². The number of ether oxygens (including phenoxy) is 1. The molecule has 3 rings (SSSR count). The molecule has 36 heavy (non-hydrogen) atoms. The molecule has 3 aromatic rings. The first-order chi connectivity index (χ1) is 16.8. The molecule has 0 atom stereocenters. The van der Waals surface area contributed by atoms with Crippen LogP contribution in [0.15, 0.2) is 45.4 Å². The predicted octanol–water partition coefficient (Wildman–Crippen LogP) is 6.13. The molecule has 0 saturated carbocycles. The summed E-state index contributed by atoms with van der Waals surface area (Å²) in [4.78, 5) is 14.7. The van der Waals surface area contributed by atoms with Crippen molar-refractivity contribution in [2.45, 2.75) is 40.6 Å². The number of thioether (sulfide) groups is 1. The van der Waals surface area contributed by atoms with Crippen LogP contribution in [0, 0.1) is 0 Å². The number of nitrogens with zero attached hydrogens (tertiary/aromatic N) is 4. The molecule has 0 radical (unpaired) electrons. The van der Waals surface area contributed by atoms with Gasteiger partial charge in [-0.2, -0.15) is 31.3 Å². The predicted molar refractivity (Wildman–Crippen MR) is 127 cm³/mol. The molecule has 2 aromatic heterocycles. The van der Waals surface area contributed by atoms with E-state index in [0.29, 0.717) is 16.2 Å². The molecule has 0 saturated heterocycles. The van der Waals surface area contributed by atoms with Crippen LogP contribution in [-0.2, 0) is 15.8 Å². The molecule has 16 heteroatoms. The minimum atomic E-state index is -5.01. The minimum absolute atomic E-state index is 0.0158. The maximum atomic E-state index is 12.7. The van der Waals surface area contributed by atoms with Crippen LogP contribution >= 0.6 is 30.7 Å². The van der Waals surface area contributed by atoms with Gasteiger partial charge in [0.1, 0.15) is 24.0 Å². The third-order valence-electron chi connectivity index (χ3n) is 4.54. The number of aromatic nitrogens is 4. The summed E-state index contributed by atoms with van der Waals surface area (Å²) in [6.07, 6.45) is -13.9. The average Bonchev–Trinajstić information content (AvgIpc) is 3.13. The van der Waals surface area contributed by atoms with Gasteiger partial charge in [-0.05, 0) is 30.0 Å². The molecule has 0 aliphatic carbocycles. The van der Waals surface area contributed by atoms with Crippen LogP contribution in [0.1, 0.15) is 6.92 Å². The first-order valence-corrected chi connectivity index (χ1v) is 14.5. The van der Waals surface area contributed by atoms with E-state index < -0.39 is 38.2 Å². The van der Waals surface area contributed by atoms with E-state index in [1.807, 2.05) is 24.3 Å². The van der Waals surface area contributed by atoms with E-state index in [-0.39, 0.29) is 19.1 Å². The first kappa shape index (κ1) is 28.6. The van der Waals surface area contributed by atoms with Crippen LogP contribution in [0.25, 0.3) is 11.2 Å². The van der Waals surface area contributed by atoms with Crippen molar-refractivity contribution < 1.29 is 35.6 Å². The van der Waals surface area contributed by atoms with Gasteiger partial charge < -0.3 is 19.6 Å². The van der Waals surface area contributed by atoms with Crippen molar-refractivity contribution in [3.8, 4) is 0 Å². The van der Waals surface area contributed by atoms with Crippen LogP contribution in [0.2, 0.25) is 0 Å². The quantitative estimate of drug-likeness (QED) is 0.0962. The topological polar surface area (TPSA) is 95.9 Å². The van der Waals surface area contributed by atoms with Gasteiger partial charge in [0.2, 0.25) is 5.95 Å². The number of nitrogens with two attached hydrogens (primary N) is 1. The summed E-state index contributed by atoms with van der Waals surface area (Å²) in [5.41, 5.74) is 6.58. The number of rotatable bonds is 11. The van der Waals surface area contributed by atoms with Crippen LogP contribution in [-0.4, -0.2) is 62.9 Å². The van der Waals surface area contributed by atoms with E-state index >= 15 is 0 Å². The molecule has 0 bridgehead atoms. The van der Waals surface area contributed by atoms with Gasteiger partial charge in [-0.1, -0.05) is 18.7 Å². The van der Waals surface area contributed by atoms with Crippen molar-refractivity contribution in [2.24, 2.45) is 0 Å². The van der Waals surface area contributed by atoms with E-state index in [2.05, 4.69) is 21.9 Å². The number of imidazole rings is 1. The fourth-order valence-corrected chi connectivity index (χ4v) is 6.85. The van der Waals surface area contributed by atoms with Crippen molar-refractivity contribution in [1.29, 1.82) is 0 Å². The Hall–Kier alpha value is -1.96. The van der Waals surface area contributed by atoms with Gasteiger partial charge in [0.25, 0.3) is 0 Å². The number of nitrogen functional groups attached to an aromatic ring is 1. The summed E-state index contributed by atoms with van der Waals surface area (Å²) in [7, 11) is -4.73. The highest BCUT2D eigenvalue weighted by Crippen LogP contribution is 2.53. The van der Waals surface area contributed by atoms with Gasteiger partial charge in [0.05, 0.1) is 25.3 Å². The number of alkyl halides is 6. The molecule has 0 aliphatic rings. The summed E-state index contributed by atoms with van der Waals surface area (Å²) in [5.74, 6) is 0.907. The van der Waals surface area contributed by atoms with Gasteiger partial charge in [-0.25, -0.2) is 9.97 Å². The van der Waals surface area contributed by atoms with Crippen molar-refractivity contribution in [1.82, 2.24) is 19.5 Å². The van der Waals surface area contributed by atoms with E-state index in [1.54, 1.807) is 11.8 Å². The van der Waals surface area contributed by atoms with Gasteiger partial charge in [0.15, 0.2) is 5.65 Å². The highest BCUT2D eigenvalue weighted by Gasteiger charge is 2.46. The van der Waals surface area contributed by atoms with E-state index in [9.17, 15) is 30.9 Å². The summed E-state index contributed by atoms with van der Waals surface area (Å²) < 4.78 is 94.9. The maximum absolute atomic E-state index is 12.7. The molecule has 198 valence electrons. The number of hydrogen-bond donors (Lipinski definition) is 1. The number of anilines is 1. The van der Waals surface area contributed by atoms with Gasteiger partial charge in [0, 0.05) is 16.3 Å². The first-order valence-electron chi connectivity index (χ1n) is 10.4. The lowest BCUT2D eigenvalue weighted by atomic mass is 10.4. The molecule has 0 unspecified atom stereocenters. The lowest BCUT2D eigenvalue weighted by Gasteiger charge is -2.21. The number of halogens is 6. The second kappa shape index (κ2) is 11.6. The Bertz CT molecular complexity index is 1200. The standard InChI is InChI=1S/C20H22F6N5O2PS2/c1-2-35-13-3-5-14(6-4-13)36-17-15-16(29-18(27)30-17)31(11-28-15)7-8-33-12-34(32,9-19(21,22)23)10-20(24,25)26/h3-6,11H,2,7-10,12H2,1H3,(H2,27,29,30). The molecule has 0 aliphatic heterocycles. The van der Waals surface area contributed by atoms with Gasteiger partial charge in [-0.3, -0.25) is 0 Å². The van der Waals surface area contributed by atoms with E-state index in [4.69, 9.17) is 10.5 Å². The Labute approximate surface area is 211 Å². The molecule has 0 fully saturated rings. The largest absolute Gasteiger partial charge is 0.395 e. The monoisotopic (exact) mass is 573 g/mol. The lowest BCUT2D eigenvalue weighted by molar-refractivity contribution is -0.113. The normalized spacial score (nSPS) is 13.0. The Morgan fingerprint density at radius 2 is 1.64 bits per heavy atom. The maximum Gasteiger partial charge on any atom is 0.395 e. The molecule has 1 aromatic carbocycles. The van der Waals surface area contributed by atoms with Crippen LogP contribution in [0.4, 0.5) is 32.3 Å². The van der Waals surface area contributed by atoms with Crippen LogP contribution in [0.5, 0.6) is 0 Å². The second-order valence-corrected chi connectivity index (χ2v) is 13.1. The Balaban J connectivity index is 1.69. The average molecular weight is 574 g/mol.